The first kappa shape index (κ1) is 35.8. The molecule has 4 heteroatoms. The molecule has 12 rings (SSSR count). The van der Waals surface area contributed by atoms with Gasteiger partial charge >= 0.3 is 0 Å². The molecular formula is C58H39N3O. The molecule has 0 radical (unpaired) electrons. The summed E-state index contributed by atoms with van der Waals surface area (Å²) in [6.45, 7) is 0. The Balaban J connectivity index is 1.17. The summed E-state index contributed by atoms with van der Waals surface area (Å²) in [5, 5.41) is 4.47. The topological polar surface area (TPSA) is 43.9 Å². The fourth-order valence-electron chi connectivity index (χ4n) is 9.45. The fraction of sp³-hybridized carbons (Fsp3) is 0.0345. The average molecular weight is 794 g/mol. The van der Waals surface area contributed by atoms with Crippen LogP contribution in [0.2, 0.25) is 0 Å². The van der Waals surface area contributed by atoms with E-state index in [0.29, 0.717) is 5.82 Å². The van der Waals surface area contributed by atoms with Gasteiger partial charge in [-0.2, -0.15) is 0 Å². The smallest absolute Gasteiger partial charge is 0.160 e. The second kappa shape index (κ2) is 14.9. The van der Waals surface area contributed by atoms with Gasteiger partial charge in [0.1, 0.15) is 11.2 Å². The molecule has 0 saturated heterocycles. The number of para-hydroxylation sites is 2. The summed E-state index contributed by atoms with van der Waals surface area (Å²) in [5.74, 6) is 0.786. The third-order valence-electron chi connectivity index (χ3n) is 12.3. The fourth-order valence-corrected chi connectivity index (χ4v) is 9.45. The minimum Gasteiger partial charge on any atom is -0.455 e. The van der Waals surface area contributed by atoms with E-state index < -0.39 is 0 Å². The number of hydrogen-bond acceptors (Lipinski definition) is 3. The lowest BCUT2D eigenvalue weighted by atomic mass is 9.86. The number of allylic oxidation sites excluding steroid dienone is 4. The predicted octanol–water partition coefficient (Wildman–Crippen LogP) is 15.4. The number of nitrogens with zero attached hydrogens (tertiary/aromatic N) is 3. The van der Waals surface area contributed by atoms with Crippen LogP contribution in [0.3, 0.4) is 0 Å². The van der Waals surface area contributed by atoms with Crippen molar-refractivity contribution < 1.29 is 4.42 Å². The van der Waals surface area contributed by atoms with Crippen LogP contribution in [0.1, 0.15) is 17.9 Å². The van der Waals surface area contributed by atoms with E-state index in [1.165, 1.54) is 5.56 Å². The van der Waals surface area contributed by atoms with Crippen molar-refractivity contribution in [2.24, 2.45) is 0 Å². The van der Waals surface area contributed by atoms with E-state index in [0.717, 1.165) is 106 Å². The Labute approximate surface area is 359 Å². The minimum absolute atomic E-state index is 0.0999. The average Bonchev–Trinajstić information content (AvgIpc) is 3.91. The maximum absolute atomic E-state index is 7.09. The van der Waals surface area contributed by atoms with Gasteiger partial charge in [-0.05, 0) is 59.5 Å². The maximum atomic E-state index is 7.09. The molecule has 4 nitrogen and oxygen atoms in total. The standard InChI is InChI=1S/C58H39N3O/c1-6-19-38(20-7-1)44-30-18-31-45-46-33-34-53-54(57(46)62-56(44)45)47-29-16-17-32-52(47)61(53)55-48(39-21-8-2-9-22-39)35-43(36-49(55)40-23-10-3-11-24-40)58-59-50(41-25-12-4-13-26-41)37-51(60-58)42-27-14-5-15-28-42/h1-23,25-37,40H,24H2. The highest BCUT2D eigenvalue weighted by atomic mass is 16.3. The molecule has 1 atom stereocenters. The molecule has 0 spiro atoms. The molecule has 0 saturated carbocycles. The first-order chi connectivity index (χ1) is 30.8. The molecule has 1 aliphatic rings. The van der Waals surface area contributed by atoms with Crippen LogP contribution < -0.4 is 0 Å². The quantitative estimate of drug-likeness (QED) is 0.161. The summed E-state index contributed by atoms with van der Waals surface area (Å²) >= 11 is 0. The molecule has 11 aromatic rings. The van der Waals surface area contributed by atoms with E-state index in [-0.39, 0.29) is 5.92 Å². The van der Waals surface area contributed by atoms with Crippen molar-refractivity contribution in [3.8, 4) is 61.8 Å². The second-order valence-electron chi connectivity index (χ2n) is 16.0. The van der Waals surface area contributed by atoms with Gasteiger partial charge in [0.05, 0.1) is 33.5 Å². The Morgan fingerprint density at radius 2 is 1.05 bits per heavy atom. The van der Waals surface area contributed by atoms with Gasteiger partial charge in [0.25, 0.3) is 0 Å². The van der Waals surface area contributed by atoms with Crippen LogP contribution in [0.15, 0.2) is 223 Å². The zero-order chi connectivity index (χ0) is 41.0. The summed E-state index contributed by atoms with van der Waals surface area (Å²) in [5.41, 5.74) is 15.6. The van der Waals surface area contributed by atoms with E-state index >= 15 is 0 Å². The summed E-state index contributed by atoms with van der Waals surface area (Å²) in [6, 6.07) is 68.7. The highest BCUT2D eigenvalue weighted by Crippen LogP contribution is 2.47. The molecule has 0 fully saturated rings. The van der Waals surface area contributed by atoms with Crippen LogP contribution in [0.4, 0.5) is 0 Å². The first-order valence-electron chi connectivity index (χ1n) is 21.3. The van der Waals surface area contributed by atoms with Crippen LogP contribution >= 0.6 is 0 Å². The molecule has 62 heavy (non-hydrogen) atoms. The second-order valence-corrected chi connectivity index (χ2v) is 16.0. The summed E-state index contributed by atoms with van der Waals surface area (Å²) in [6.07, 6.45) is 9.82. The summed E-state index contributed by atoms with van der Waals surface area (Å²) in [7, 11) is 0. The Morgan fingerprint density at radius 3 is 1.71 bits per heavy atom. The van der Waals surface area contributed by atoms with E-state index in [1.807, 2.05) is 12.1 Å². The Morgan fingerprint density at radius 1 is 0.452 bits per heavy atom. The van der Waals surface area contributed by atoms with Gasteiger partial charge in [-0.15, -0.1) is 0 Å². The van der Waals surface area contributed by atoms with Crippen LogP contribution in [0, 0.1) is 0 Å². The predicted molar refractivity (Wildman–Crippen MR) is 256 cm³/mol. The number of rotatable bonds is 7. The van der Waals surface area contributed by atoms with Gasteiger partial charge in [0.2, 0.25) is 0 Å². The van der Waals surface area contributed by atoms with Crippen molar-refractivity contribution in [3.63, 3.8) is 0 Å². The van der Waals surface area contributed by atoms with E-state index in [2.05, 4.69) is 211 Å². The first-order valence-corrected chi connectivity index (χ1v) is 21.3. The van der Waals surface area contributed by atoms with Crippen LogP contribution in [-0.2, 0) is 0 Å². The van der Waals surface area contributed by atoms with Gasteiger partial charge in [0.15, 0.2) is 5.82 Å². The molecule has 1 aliphatic carbocycles. The molecule has 8 aromatic carbocycles. The zero-order valence-electron chi connectivity index (χ0n) is 33.8. The Hall–Kier alpha value is -8.08. The third kappa shape index (κ3) is 5.99. The molecule has 1 unspecified atom stereocenters. The number of benzene rings is 8. The van der Waals surface area contributed by atoms with Crippen LogP contribution in [0.25, 0.3) is 106 Å². The normalized spacial score (nSPS) is 13.8. The van der Waals surface area contributed by atoms with E-state index in [4.69, 9.17) is 14.4 Å². The molecule has 292 valence electrons. The Kier molecular flexibility index (Phi) is 8.60. The molecule has 0 bridgehead atoms. The molecule has 0 amide bonds. The van der Waals surface area contributed by atoms with Crippen molar-refractivity contribution in [2.45, 2.75) is 12.3 Å². The summed E-state index contributed by atoms with van der Waals surface area (Å²) < 4.78 is 9.58. The van der Waals surface area contributed by atoms with Gasteiger partial charge in [0, 0.05) is 49.9 Å². The van der Waals surface area contributed by atoms with Gasteiger partial charge in [-0.3, -0.25) is 0 Å². The lowest BCUT2D eigenvalue weighted by molar-refractivity contribution is 0.674. The largest absolute Gasteiger partial charge is 0.455 e. The third-order valence-corrected chi connectivity index (χ3v) is 12.3. The monoisotopic (exact) mass is 793 g/mol. The summed E-state index contributed by atoms with van der Waals surface area (Å²) in [4.78, 5) is 10.7. The van der Waals surface area contributed by atoms with Crippen molar-refractivity contribution in [2.75, 3.05) is 0 Å². The van der Waals surface area contributed by atoms with Crippen molar-refractivity contribution >= 4 is 43.7 Å². The van der Waals surface area contributed by atoms with Crippen molar-refractivity contribution in [1.82, 2.24) is 14.5 Å². The SMILES string of the molecule is C1=CCC(c2cc(-c3nc(-c4ccccc4)cc(-c4ccccc4)n3)cc(-c3ccccc3)c2-n2c3ccccc3c3c4oc5c(-c6ccccc6)cccc5c4ccc32)C=C1. The molecular weight excluding hydrogens is 755 g/mol. The van der Waals surface area contributed by atoms with Crippen molar-refractivity contribution in [3.05, 3.63) is 224 Å². The van der Waals surface area contributed by atoms with E-state index in [1.54, 1.807) is 0 Å². The maximum Gasteiger partial charge on any atom is 0.160 e. The highest BCUT2D eigenvalue weighted by Gasteiger charge is 2.27. The Bertz CT molecular complexity index is 3470. The lowest BCUT2D eigenvalue weighted by Crippen LogP contribution is -2.08. The van der Waals surface area contributed by atoms with Crippen LogP contribution in [-0.4, -0.2) is 14.5 Å². The molecule has 0 aliphatic heterocycles. The van der Waals surface area contributed by atoms with Gasteiger partial charge in [-0.1, -0.05) is 182 Å². The molecule has 3 heterocycles. The minimum atomic E-state index is 0.0999. The number of hydrogen-bond donors (Lipinski definition) is 0. The van der Waals surface area contributed by atoms with Crippen LogP contribution in [0.5, 0.6) is 0 Å². The van der Waals surface area contributed by atoms with Gasteiger partial charge in [-0.25, -0.2) is 9.97 Å². The number of furan rings is 1. The zero-order valence-corrected chi connectivity index (χ0v) is 33.8. The lowest BCUT2D eigenvalue weighted by Gasteiger charge is -2.25. The highest BCUT2D eigenvalue weighted by molar-refractivity contribution is 6.25. The van der Waals surface area contributed by atoms with E-state index in [9.17, 15) is 0 Å². The van der Waals surface area contributed by atoms with Crippen molar-refractivity contribution in [1.29, 1.82) is 0 Å². The molecule has 0 N–H and O–H groups in total. The number of fused-ring (bicyclic) bond motifs is 7. The number of aromatic nitrogens is 3. The molecule has 3 aromatic heterocycles. The van der Waals surface area contributed by atoms with Gasteiger partial charge < -0.3 is 8.98 Å².